The van der Waals surface area contributed by atoms with Gasteiger partial charge in [-0.2, -0.15) is 10.2 Å². The van der Waals surface area contributed by atoms with Crippen molar-refractivity contribution in [3.63, 3.8) is 0 Å². The number of para-hydroxylation sites is 1. The van der Waals surface area contributed by atoms with Gasteiger partial charge >= 0.3 is 0 Å². The van der Waals surface area contributed by atoms with E-state index >= 15 is 0 Å². The van der Waals surface area contributed by atoms with Crippen LogP contribution in [0.2, 0.25) is 0 Å². The first kappa shape index (κ1) is 22.9. The second-order valence-electron chi connectivity index (χ2n) is 6.24. The molecule has 0 amide bonds. The number of benzene rings is 2. The maximum Gasteiger partial charge on any atom is 0.269 e. The minimum absolute atomic E-state index is 0.0997. The van der Waals surface area contributed by atoms with Gasteiger partial charge in [0.2, 0.25) is 0 Å². The van der Waals surface area contributed by atoms with Gasteiger partial charge in [0.25, 0.3) is 5.69 Å². The summed E-state index contributed by atoms with van der Waals surface area (Å²) in [6.45, 7) is -0.762. The fourth-order valence-corrected chi connectivity index (χ4v) is 2.31. The summed E-state index contributed by atoms with van der Waals surface area (Å²) in [4.78, 5) is 10.2. The second-order valence-corrected chi connectivity index (χ2v) is 6.24. The summed E-state index contributed by atoms with van der Waals surface area (Å²) in [6, 6.07) is 14.5. The molecule has 2 aromatic carbocycles. The van der Waals surface area contributed by atoms with Crippen LogP contribution in [0.15, 0.2) is 64.8 Å². The molecule has 0 aromatic heterocycles. The van der Waals surface area contributed by atoms with Gasteiger partial charge in [-0.15, -0.1) is 0 Å². The largest absolute Gasteiger partial charge is 0.394 e. The van der Waals surface area contributed by atoms with Crippen LogP contribution in [0.5, 0.6) is 0 Å². The molecule has 11 heteroatoms. The molecule has 0 radical (unpaired) electrons. The third-order valence-electron chi connectivity index (χ3n) is 4.09. The fraction of sp³-hybridized carbons (Fsp3) is 0.263. The van der Waals surface area contributed by atoms with Gasteiger partial charge in [0, 0.05) is 19.2 Å². The number of hydrazone groups is 2. The Morgan fingerprint density at radius 1 is 1.17 bits per heavy atom. The lowest BCUT2D eigenvalue weighted by Crippen LogP contribution is -2.44. The lowest BCUT2D eigenvalue weighted by atomic mass is 10.0. The number of anilines is 2. The van der Waals surface area contributed by atoms with Gasteiger partial charge in [-0.3, -0.25) is 20.5 Å². The molecule has 0 saturated heterocycles. The summed E-state index contributed by atoms with van der Waals surface area (Å²) in [5, 5.41) is 59.4. The molecule has 11 nitrogen and oxygen atoms in total. The van der Waals surface area contributed by atoms with Gasteiger partial charge in [0.1, 0.15) is 24.0 Å². The summed E-state index contributed by atoms with van der Waals surface area (Å²) in [7, 11) is 1.67. The van der Waals surface area contributed by atoms with Crippen LogP contribution in [0.4, 0.5) is 17.1 Å². The first-order chi connectivity index (χ1) is 14.3. The topological polar surface area (TPSA) is 164 Å². The third-order valence-corrected chi connectivity index (χ3v) is 4.09. The van der Waals surface area contributed by atoms with E-state index in [2.05, 4.69) is 15.6 Å². The number of rotatable bonds is 10. The zero-order valence-electron chi connectivity index (χ0n) is 16.1. The molecule has 0 fully saturated rings. The molecule has 5 N–H and O–H groups in total. The number of aliphatic hydroxyl groups is 4. The number of hydrogen-bond acceptors (Lipinski definition) is 10. The molecule has 3 atom stereocenters. The van der Waals surface area contributed by atoms with Crippen LogP contribution >= 0.6 is 0 Å². The van der Waals surface area contributed by atoms with Crippen molar-refractivity contribution < 1.29 is 25.3 Å². The van der Waals surface area contributed by atoms with Gasteiger partial charge < -0.3 is 20.4 Å². The van der Waals surface area contributed by atoms with Gasteiger partial charge in [0.05, 0.1) is 29.1 Å². The monoisotopic (exact) mass is 417 g/mol. The van der Waals surface area contributed by atoms with E-state index < -0.39 is 29.8 Å². The van der Waals surface area contributed by atoms with E-state index in [0.29, 0.717) is 5.69 Å². The Kier molecular flexibility index (Phi) is 8.38. The molecule has 0 heterocycles. The first-order valence-electron chi connectivity index (χ1n) is 8.89. The third kappa shape index (κ3) is 6.32. The summed E-state index contributed by atoms with van der Waals surface area (Å²) >= 11 is 0. The number of non-ortho nitro benzene ring substituents is 1. The highest BCUT2D eigenvalue weighted by Gasteiger charge is 2.28. The van der Waals surface area contributed by atoms with Gasteiger partial charge in [-0.1, -0.05) is 18.2 Å². The maximum atomic E-state index is 10.7. The normalized spacial score (nSPS) is 14.9. The fourth-order valence-electron chi connectivity index (χ4n) is 2.31. The maximum absolute atomic E-state index is 10.7. The van der Waals surface area contributed by atoms with Gasteiger partial charge in [-0.05, 0) is 24.3 Å². The minimum Gasteiger partial charge on any atom is -0.394 e. The molecule has 30 heavy (non-hydrogen) atoms. The SMILES string of the molecule is CN(N=CC(=NNc1ccc([N+](=O)[O-])cc1)C(O)C(O)C(O)CO)c1ccccc1. The van der Waals surface area contributed by atoms with Crippen LogP contribution in [0.25, 0.3) is 0 Å². The lowest BCUT2D eigenvalue weighted by Gasteiger charge is -2.21. The zero-order valence-corrected chi connectivity index (χ0v) is 16.1. The smallest absolute Gasteiger partial charge is 0.269 e. The number of nitro benzene ring substituents is 1. The molecule has 0 aliphatic rings. The van der Waals surface area contributed by atoms with Crippen molar-refractivity contribution >= 4 is 29.0 Å². The number of hydrogen-bond donors (Lipinski definition) is 5. The van der Waals surface area contributed by atoms with Crippen molar-refractivity contribution in [1.29, 1.82) is 0 Å². The van der Waals surface area contributed by atoms with E-state index in [1.165, 1.54) is 35.5 Å². The standard InChI is InChI=1S/C19H23N5O6/c1-23(14-5-3-2-4-6-14)20-11-16(18(27)19(28)17(26)12-25)22-21-13-7-9-15(10-8-13)24(29)30/h2-11,17-19,21,25-28H,12H2,1H3. The molecule has 0 aliphatic heterocycles. The Morgan fingerprint density at radius 3 is 2.37 bits per heavy atom. The summed E-state index contributed by atoms with van der Waals surface area (Å²) < 4.78 is 0. The molecule has 0 bridgehead atoms. The van der Waals surface area contributed by atoms with E-state index in [1.54, 1.807) is 7.05 Å². The molecule has 0 aliphatic carbocycles. The van der Waals surface area contributed by atoms with Crippen LogP contribution < -0.4 is 10.4 Å². The molecular formula is C19H23N5O6. The summed E-state index contributed by atoms with van der Waals surface area (Å²) in [5.74, 6) is 0. The highest BCUT2D eigenvalue weighted by molar-refractivity contribution is 6.33. The van der Waals surface area contributed by atoms with Crippen LogP contribution in [-0.2, 0) is 0 Å². The van der Waals surface area contributed by atoms with Crippen LogP contribution in [0.3, 0.4) is 0 Å². The highest BCUT2D eigenvalue weighted by Crippen LogP contribution is 2.16. The van der Waals surface area contributed by atoms with E-state index in [1.807, 2.05) is 30.3 Å². The summed E-state index contributed by atoms with van der Waals surface area (Å²) in [6.07, 6.45) is -3.81. The number of nitrogens with zero attached hydrogens (tertiary/aromatic N) is 4. The summed E-state index contributed by atoms with van der Waals surface area (Å²) in [5.41, 5.74) is 3.50. The van der Waals surface area contributed by atoms with Gasteiger partial charge in [0.15, 0.2) is 0 Å². The molecule has 0 spiro atoms. The Morgan fingerprint density at radius 2 is 1.80 bits per heavy atom. The van der Waals surface area contributed by atoms with Crippen LogP contribution in [-0.4, -0.2) is 69.2 Å². The number of aliphatic hydroxyl groups excluding tert-OH is 4. The van der Waals surface area contributed by atoms with Crippen molar-refractivity contribution in [3.8, 4) is 0 Å². The molecular weight excluding hydrogens is 394 g/mol. The van der Waals surface area contributed by atoms with Crippen LogP contribution in [0.1, 0.15) is 0 Å². The average Bonchev–Trinajstić information content (AvgIpc) is 2.78. The van der Waals surface area contributed by atoms with Crippen molar-refractivity contribution in [2.45, 2.75) is 18.3 Å². The molecule has 2 aromatic rings. The number of nitro groups is 1. The van der Waals surface area contributed by atoms with Crippen LogP contribution in [0, 0.1) is 10.1 Å². The van der Waals surface area contributed by atoms with E-state index in [9.17, 15) is 25.4 Å². The zero-order chi connectivity index (χ0) is 22.1. The molecule has 160 valence electrons. The highest BCUT2D eigenvalue weighted by atomic mass is 16.6. The average molecular weight is 417 g/mol. The Hall–Kier alpha value is -3.38. The van der Waals surface area contributed by atoms with E-state index in [-0.39, 0.29) is 11.4 Å². The Bertz CT molecular complexity index is 875. The molecule has 2 rings (SSSR count). The first-order valence-corrected chi connectivity index (χ1v) is 8.89. The number of nitrogens with one attached hydrogen (secondary N) is 1. The quantitative estimate of drug-likeness (QED) is 0.213. The lowest BCUT2D eigenvalue weighted by molar-refractivity contribution is -0.384. The Balaban J connectivity index is 2.24. The minimum atomic E-state index is -1.72. The van der Waals surface area contributed by atoms with Gasteiger partial charge in [-0.25, -0.2) is 0 Å². The van der Waals surface area contributed by atoms with Crippen molar-refractivity contribution in [2.75, 3.05) is 24.1 Å². The molecule has 0 saturated carbocycles. The molecule has 3 unspecified atom stereocenters. The van der Waals surface area contributed by atoms with E-state index in [4.69, 9.17) is 5.11 Å². The second kappa shape index (κ2) is 11.0. The van der Waals surface area contributed by atoms with E-state index in [0.717, 1.165) is 5.69 Å². The van der Waals surface area contributed by atoms with Crippen molar-refractivity contribution in [3.05, 3.63) is 64.7 Å². The van der Waals surface area contributed by atoms with Crippen molar-refractivity contribution in [2.24, 2.45) is 10.2 Å². The van der Waals surface area contributed by atoms with Crippen molar-refractivity contribution in [1.82, 2.24) is 0 Å². The predicted molar refractivity (Wildman–Crippen MR) is 113 cm³/mol. The predicted octanol–water partition coefficient (Wildman–Crippen LogP) is 0.560. The Labute approximate surface area is 172 Å².